The van der Waals surface area contributed by atoms with Gasteiger partial charge in [-0.15, -0.1) is 5.10 Å². The highest BCUT2D eigenvalue weighted by atomic mass is 19.1. The van der Waals surface area contributed by atoms with Crippen LogP contribution in [0.1, 0.15) is 22.7 Å². The van der Waals surface area contributed by atoms with Gasteiger partial charge in [0.25, 0.3) is 5.91 Å². The molecule has 5 N–H and O–H groups in total. The van der Waals surface area contributed by atoms with Crippen molar-refractivity contribution in [3.63, 3.8) is 0 Å². The average molecular weight is 435 g/mol. The number of nitrogens with zero attached hydrogens (tertiary/aromatic N) is 5. The average Bonchev–Trinajstić information content (AvgIpc) is 3.40. The summed E-state index contributed by atoms with van der Waals surface area (Å²) in [6.07, 6.45) is 2.34. The smallest absolute Gasteiger partial charge is 0.272 e. The molecule has 4 heterocycles. The summed E-state index contributed by atoms with van der Waals surface area (Å²) in [5.74, 6) is 0.365. The zero-order chi connectivity index (χ0) is 22.2. The minimum absolute atomic E-state index is 0.0367. The SMILES string of the molecule is CNc1cc(F)cc2c1[nH]c1nc(CNC(=O)c3cccnn3)nc(N3CCC(N)C3)c12. The molecule has 4 aromatic rings. The van der Waals surface area contributed by atoms with Gasteiger partial charge < -0.3 is 26.3 Å². The van der Waals surface area contributed by atoms with E-state index in [2.05, 4.69) is 35.7 Å². The molecular formula is C21H22FN9O. The number of nitrogens with two attached hydrogens (primary N) is 1. The van der Waals surface area contributed by atoms with Gasteiger partial charge in [-0.2, -0.15) is 5.10 Å². The molecule has 1 fully saturated rings. The van der Waals surface area contributed by atoms with Crippen LogP contribution in [-0.2, 0) is 6.54 Å². The van der Waals surface area contributed by atoms with Crippen LogP contribution in [0.3, 0.4) is 0 Å². The standard InChI is InChI=1S/C21H22FN9O/c1-24-15-8-11(22)7-13-17-19(29-18(13)15)27-16(28-20(17)31-6-4-12(23)10-31)9-25-21(32)14-3-2-5-26-30-14/h2-3,5,7-8,12,24H,4,6,9-10,23H2,1H3,(H,25,32)(H,27,28,29). The fraction of sp³-hybridized carbons (Fsp3) is 0.286. The lowest BCUT2D eigenvalue weighted by Gasteiger charge is -2.19. The van der Waals surface area contributed by atoms with Gasteiger partial charge in [-0.3, -0.25) is 4.79 Å². The van der Waals surface area contributed by atoms with Crippen molar-refractivity contribution >= 4 is 39.3 Å². The number of hydrogen-bond donors (Lipinski definition) is 4. The molecule has 1 aliphatic heterocycles. The van der Waals surface area contributed by atoms with Gasteiger partial charge in [0.15, 0.2) is 11.5 Å². The molecule has 5 rings (SSSR count). The number of benzene rings is 1. The van der Waals surface area contributed by atoms with E-state index >= 15 is 0 Å². The first-order chi connectivity index (χ1) is 15.5. The second-order valence-corrected chi connectivity index (χ2v) is 7.72. The van der Waals surface area contributed by atoms with E-state index in [0.717, 1.165) is 23.9 Å². The predicted octanol–water partition coefficient (Wildman–Crippen LogP) is 1.55. The first kappa shape index (κ1) is 20.1. The number of amides is 1. The van der Waals surface area contributed by atoms with Crippen LogP contribution in [0.25, 0.3) is 21.9 Å². The summed E-state index contributed by atoms with van der Waals surface area (Å²) < 4.78 is 14.3. The second kappa shape index (κ2) is 8.00. The Labute approximate surface area is 182 Å². The normalized spacial score (nSPS) is 16.1. The Morgan fingerprint density at radius 1 is 1.38 bits per heavy atom. The van der Waals surface area contributed by atoms with Gasteiger partial charge in [0, 0.05) is 37.8 Å². The third-order valence-corrected chi connectivity index (χ3v) is 5.56. The summed E-state index contributed by atoms with van der Waals surface area (Å²) in [4.78, 5) is 27.1. The largest absolute Gasteiger partial charge is 0.386 e. The quantitative estimate of drug-likeness (QED) is 0.370. The van der Waals surface area contributed by atoms with E-state index in [9.17, 15) is 9.18 Å². The van der Waals surface area contributed by atoms with Gasteiger partial charge >= 0.3 is 0 Å². The Morgan fingerprint density at radius 2 is 2.25 bits per heavy atom. The number of hydrogen-bond acceptors (Lipinski definition) is 8. The molecule has 0 aliphatic carbocycles. The van der Waals surface area contributed by atoms with Crippen LogP contribution in [0.5, 0.6) is 0 Å². The fourth-order valence-corrected chi connectivity index (χ4v) is 4.05. The first-order valence-electron chi connectivity index (χ1n) is 10.3. The summed E-state index contributed by atoms with van der Waals surface area (Å²) in [6.45, 7) is 1.47. The van der Waals surface area contributed by atoms with Crippen LogP contribution in [-0.4, -0.2) is 57.2 Å². The summed E-state index contributed by atoms with van der Waals surface area (Å²) >= 11 is 0. The van der Waals surface area contributed by atoms with E-state index in [1.807, 2.05) is 0 Å². The Kier molecular flexibility index (Phi) is 5.02. The number of nitrogens with one attached hydrogen (secondary N) is 3. The Balaban J connectivity index is 1.59. The van der Waals surface area contributed by atoms with Gasteiger partial charge in [-0.05, 0) is 30.7 Å². The number of halogens is 1. The molecule has 1 atom stereocenters. The topological polar surface area (TPSA) is 138 Å². The third kappa shape index (κ3) is 3.56. The van der Waals surface area contributed by atoms with Crippen LogP contribution in [0.4, 0.5) is 15.9 Å². The summed E-state index contributed by atoms with van der Waals surface area (Å²) in [6, 6.07) is 6.16. The van der Waals surface area contributed by atoms with Gasteiger partial charge in [0.1, 0.15) is 17.3 Å². The molecule has 164 valence electrons. The van der Waals surface area contributed by atoms with Crippen molar-refractivity contribution in [1.82, 2.24) is 30.5 Å². The molecular weight excluding hydrogens is 413 g/mol. The maximum absolute atomic E-state index is 14.3. The molecule has 0 bridgehead atoms. The van der Waals surface area contributed by atoms with Crippen molar-refractivity contribution in [3.05, 3.63) is 47.8 Å². The lowest BCUT2D eigenvalue weighted by atomic mass is 10.1. The summed E-state index contributed by atoms with van der Waals surface area (Å²) in [7, 11) is 1.74. The Bertz CT molecular complexity index is 1310. The van der Waals surface area contributed by atoms with E-state index in [1.165, 1.54) is 18.3 Å². The molecule has 11 heteroatoms. The minimum atomic E-state index is -0.372. The highest BCUT2D eigenvalue weighted by molar-refractivity contribution is 6.14. The molecule has 0 spiro atoms. The Morgan fingerprint density at radius 3 is 2.97 bits per heavy atom. The number of aromatic nitrogens is 5. The zero-order valence-electron chi connectivity index (χ0n) is 17.4. The van der Waals surface area contributed by atoms with E-state index < -0.39 is 0 Å². The van der Waals surface area contributed by atoms with E-state index in [1.54, 1.807) is 19.2 Å². The molecule has 0 radical (unpaired) electrons. The lowest BCUT2D eigenvalue weighted by Crippen LogP contribution is -2.28. The maximum atomic E-state index is 14.3. The summed E-state index contributed by atoms with van der Waals surface area (Å²) in [5, 5.41) is 14.7. The molecule has 1 saturated heterocycles. The highest BCUT2D eigenvalue weighted by Crippen LogP contribution is 2.36. The van der Waals surface area contributed by atoms with Crippen molar-refractivity contribution < 1.29 is 9.18 Å². The fourth-order valence-electron chi connectivity index (χ4n) is 4.05. The molecule has 32 heavy (non-hydrogen) atoms. The van der Waals surface area contributed by atoms with Crippen molar-refractivity contribution in [2.45, 2.75) is 19.0 Å². The van der Waals surface area contributed by atoms with Crippen molar-refractivity contribution in [1.29, 1.82) is 0 Å². The number of rotatable bonds is 5. The summed E-state index contributed by atoms with van der Waals surface area (Å²) in [5.41, 5.74) is 8.27. The lowest BCUT2D eigenvalue weighted by molar-refractivity contribution is 0.0944. The van der Waals surface area contributed by atoms with E-state index in [0.29, 0.717) is 34.9 Å². The monoisotopic (exact) mass is 435 g/mol. The zero-order valence-corrected chi connectivity index (χ0v) is 17.4. The van der Waals surface area contributed by atoms with Crippen molar-refractivity contribution in [3.8, 4) is 0 Å². The molecule has 3 aromatic heterocycles. The first-order valence-corrected chi connectivity index (χ1v) is 10.3. The second-order valence-electron chi connectivity index (χ2n) is 7.72. The van der Waals surface area contributed by atoms with Gasteiger partial charge in [-0.1, -0.05) is 0 Å². The van der Waals surface area contributed by atoms with Gasteiger partial charge in [0.2, 0.25) is 0 Å². The minimum Gasteiger partial charge on any atom is -0.386 e. The molecule has 1 unspecified atom stereocenters. The van der Waals surface area contributed by atoms with Gasteiger partial charge in [0.05, 0.1) is 23.1 Å². The number of carbonyl (C=O) groups is 1. The number of carbonyl (C=O) groups excluding carboxylic acids is 1. The third-order valence-electron chi connectivity index (χ3n) is 5.56. The van der Waals surface area contributed by atoms with Gasteiger partial charge in [-0.25, -0.2) is 14.4 Å². The Hall–Kier alpha value is -3.86. The van der Waals surface area contributed by atoms with Crippen LogP contribution in [0.15, 0.2) is 30.5 Å². The highest BCUT2D eigenvalue weighted by Gasteiger charge is 2.26. The van der Waals surface area contributed by atoms with E-state index in [-0.39, 0.29) is 30.0 Å². The van der Waals surface area contributed by atoms with Crippen LogP contribution in [0, 0.1) is 5.82 Å². The number of aromatic amines is 1. The van der Waals surface area contributed by atoms with E-state index in [4.69, 9.17) is 10.7 Å². The number of fused-ring (bicyclic) bond motifs is 3. The predicted molar refractivity (Wildman–Crippen MR) is 119 cm³/mol. The van der Waals surface area contributed by atoms with Crippen LogP contribution < -0.4 is 21.3 Å². The van der Waals surface area contributed by atoms with Crippen LogP contribution in [0.2, 0.25) is 0 Å². The molecule has 0 saturated carbocycles. The molecule has 1 aliphatic rings. The number of H-pyrrole nitrogens is 1. The van der Waals surface area contributed by atoms with Crippen LogP contribution >= 0.6 is 0 Å². The van der Waals surface area contributed by atoms with Crippen molar-refractivity contribution in [2.24, 2.45) is 5.73 Å². The maximum Gasteiger partial charge on any atom is 0.272 e. The number of anilines is 2. The van der Waals surface area contributed by atoms with Crippen molar-refractivity contribution in [2.75, 3.05) is 30.4 Å². The molecule has 1 aromatic carbocycles. The molecule has 1 amide bonds. The molecule has 10 nitrogen and oxygen atoms in total.